The largest absolute Gasteiger partial charge is 0.469 e. The molecule has 1 aromatic rings. The summed E-state index contributed by atoms with van der Waals surface area (Å²) in [5.74, 6) is 0.370. The molecule has 2 nitrogen and oxygen atoms in total. The summed E-state index contributed by atoms with van der Waals surface area (Å²) in [6.45, 7) is 0. The van der Waals surface area contributed by atoms with Gasteiger partial charge < -0.3 is 4.74 Å². The van der Waals surface area contributed by atoms with Crippen molar-refractivity contribution >= 4 is 21.9 Å². The third-order valence-corrected chi connectivity index (χ3v) is 3.12. The van der Waals surface area contributed by atoms with Gasteiger partial charge in [-0.3, -0.25) is 4.79 Å². The van der Waals surface area contributed by atoms with Crippen molar-refractivity contribution in [1.29, 1.82) is 0 Å². The standard InChI is InChI=1S/C11H11BrO2/c1-14-11(13)10-6-9(10)7-2-4-8(12)5-3-7/h2-5,9-10H,6H2,1H3. The van der Waals surface area contributed by atoms with Crippen molar-refractivity contribution < 1.29 is 9.53 Å². The second-order valence-corrected chi connectivity index (χ2v) is 4.44. The number of benzene rings is 1. The van der Waals surface area contributed by atoms with E-state index in [0.717, 1.165) is 10.9 Å². The van der Waals surface area contributed by atoms with Gasteiger partial charge in [0.05, 0.1) is 13.0 Å². The van der Waals surface area contributed by atoms with Gasteiger partial charge in [0.1, 0.15) is 0 Å². The minimum atomic E-state index is -0.0853. The molecule has 14 heavy (non-hydrogen) atoms. The van der Waals surface area contributed by atoms with Crippen molar-refractivity contribution in [3.05, 3.63) is 34.3 Å². The number of carbonyl (C=O) groups is 1. The molecule has 0 aromatic heterocycles. The Morgan fingerprint density at radius 3 is 2.64 bits per heavy atom. The van der Waals surface area contributed by atoms with Crippen LogP contribution in [0, 0.1) is 5.92 Å². The molecule has 0 bridgehead atoms. The maximum absolute atomic E-state index is 11.2. The third kappa shape index (κ3) is 1.82. The summed E-state index contributed by atoms with van der Waals surface area (Å²) in [6.07, 6.45) is 0.925. The topological polar surface area (TPSA) is 26.3 Å². The third-order valence-electron chi connectivity index (χ3n) is 2.59. The molecular weight excluding hydrogens is 244 g/mol. The lowest BCUT2D eigenvalue weighted by Crippen LogP contribution is -2.03. The lowest BCUT2D eigenvalue weighted by atomic mass is 10.1. The van der Waals surface area contributed by atoms with E-state index in [0.29, 0.717) is 5.92 Å². The van der Waals surface area contributed by atoms with Crippen LogP contribution in [0.5, 0.6) is 0 Å². The highest BCUT2D eigenvalue weighted by molar-refractivity contribution is 9.10. The normalized spacial score (nSPS) is 24.4. The Morgan fingerprint density at radius 2 is 2.07 bits per heavy atom. The predicted molar refractivity (Wildman–Crippen MR) is 57.0 cm³/mol. The first kappa shape index (κ1) is 9.71. The minimum Gasteiger partial charge on any atom is -0.469 e. The monoisotopic (exact) mass is 254 g/mol. The molecule has 74 valence electrons. The number of methoxy groups -OCH3 is 1. The van der Waals surface area contributed by atoms with Crippen molar-refractivity contribution in [2.75, 3.05) is 7.11 Å². The summed E-state index contributed by atoms with van der Waals surface area (Å²) < 4.78 is 5.77. The van der Waals surface area contributed by atoms with Crippen molar-refractivity contribution in [3.63, 3.8) is 0 Å². The number of esters is 1. The van der Waals surface area contributed by atoms with Gasteiger partial charge in [0.15, 0.2) is 0 Å². The van der Waals surface area contributed by atoms with Gasteiger partial charge in [0.2, 0.25) is 0 Å². The van der Waals surface area contributed by atoms with Gasteiger partial charge >= 0.3 is 5.97 Å². The van der Waals surface area contributed by atoms with Crippen LogP contribution in [0.2, 0.25) is 0 Å². The summed E-state index contributed by atoms with van der Waals surface area (Å²) in [4.78, 5) is 11.2. The van der Waals surface area contributed by atoms with E-state index in [1.807, 2.05) is 12.1 Å². The van der Waals surface area contributed by atoms with Crippen LogP contribution in [0.15, 0.2) is 28.7 Å². The van der Waals surface area contributed by atoms with Crippen molar-refractivity contribution in [3.8, 4) is 0 Å². The van der Waals surface area contributed by atoms with E-state index in [-0.39, 0.29) is 11.9 Å². The number of rotatable bonds is 2. The molecule has 0 saturated heterocycles. The second kappa shape index (κ2) is 3.73. The molecule has 0 radical (unpaired) electrons. The number of carbonyl (C=O) groups excluding carboxylic acids is 1. The van der Waals surface area contributed by atoms with E-state index >= 15 is 0 Å². The van der Waals surface area contributed by atoms with Gasteiger partial charge in [-0.15, -0.1) is 0 Å². The first-order chi connectivity index (χ1) is 6.72. The molecule has 0 N–H and O–H groups in total. The predicted octanol–water partition coefficient (Wildman–Crippen LogP) is 2.73. The van der Waals surface area contributed by atoms with Crippen LogP contribution >= 0.6 is 15.9 Å². The van der Waals surface area contributed by atoms with Gasteiger partial charge in [-0.1, -0.05) is 28.1 Å². The van der Waals surface area contributed by atoms with Crippen LogP contribution in [-0.2, 0) is 9.53 Å². The molecule has 2 rings (SSSR count). The molecule has 1 aromatic carbocycles. The Kier molecular flexibility index (Phi) is 2.59. The SMILES string of the molecule is COC(=O)C1CC1c1ccc(Br)cc1. The van der Waals surface area contributed by atoms with Crippen LogP contribution in [-0.4, -0.2) is 13.1 Å². The van der Waals surface area contributed by atoms with E-state index in [1.165, 1.54) is 12.7 Å². The molecular formula is C11H11BrO2. The number of halogens is 1. The fraction of sp³-hybridized carbons (Fsp3) is 0.364. The lowest BCUT2D eigenvalue weighted by Gasteiger charge is -1.99. The van der Waals surface area contributed by atoms with Gasteiger partial charge in [0, 0.05) is 4.47 Å². The van der Waals surface area contributed by atoms with Crippen molar-refractivity contribution in [2.45, 2.75) is 12.3 Å². The molecule has 2 atom stereocenters. The molecule has 1 aliphatic rings. The Labute approximate surface area is 91.4 Å². The second-order valence-electron chi connectivity index (χ2n) is 3.52. The maximum atomic E-state index is 11.2. The molecule has 2 unspecified atom stereocenters. The fourth-order valence-corrected chi connectivity index (χ4v) is 1.95. The van der Waals surface area contributed by atoms with Crippen molar-refractivity contribution in [2.24, 2.45) is 5.92 Å². The van der Waals surface area contributed by atoms with Crippen LogP contribution in [0.1, 0.15) is 17.9 Å². The Morgan fingerprint density at radius 1 is 1.43 bits per heavy atom. The highest BCUT2D eigenvalue weighted by Gasteiger charge is 2.44. The molecule has 1 saturated carbocycles. The number of hydrogen-bond acceptors (Lipinski definition) is 2. The van der Waals surface area contributed by atoms with E-state index < -0.39 is 0 Å². The van der Waals surface area contributed by atoms with Gasteiger partial charge in [0.25, 0.3) is 0 Å². The highest BCUT2D eigenvalue weighted by atomic mass is 79.9. The van der Waals surface area contributed by atoms with Crippen LogP contribution in [0.25, 0.3) is 0 Å². The summed E-state index contributed by atoms with van der Waals surface area (Å²) in [5, 5.41) is 0. The Bertz CT molecular complexity index is 345. The quantitative estimate of drug-likeness (QED) is 0.759. The molecule has 3 heteroatoms. The zero-order chi connectivity index (χ0) is 10.1. The number of hydrogen-bond donors (Lipinski definition) is 0. The summed E-state index contributed by atoms with van der Waals surface area (Å²) in [6, 6.07) is 8.11. The molecule has 0 aliphatic heterocycles. The minimum absolute atomic E-state index is 0.0844. The molecule has 0 spiro atoms. The first-order valence-electron chi connectivity index (χ1n) is 4.55. The van der Waals surface area contributed by atoms with Crippen LogP contribution < -0.4 is 0 Å². The van der Waals surface area contributed by atoms with E-state index in [1.54, 1.807) is 0 Å². The molecule has 1 aliphatic carbocycles. The average Bonchev–Trinajstić information content (AvgIpc) is 2.98. The van der Waals surface area contributed by atoms with Gasteiger partial charge in [-0.2, -0.15) is 0 Å². The lowest BCUT2D eigenvalue weighted by molar-refractivity contribution is -0.142. The highest BCUT2D eigenvalue weighted by Crippen LogP contribution is 2.48. The van der Waals surface area contributed by atoms with Crippen LogP contribution in [0.3, 0.4) is 0 Å². The zero-order valence-corrected chi connectivity index (χ0v) is 9.45. The molecule has 1 fully saturated rings. The van der Waals surface area contributed by atoms with E-state index in [2.05, 4.69) is 28.1 Å². The van der Waals surface area contributed by atoms with Crippen molar-refractivity contribution in [1.82, 2.24) is 0 Å². The summed E-state index contributed by atoms with van der Waals surface area (Å²) in [7, 11) is 1.44. The maximum Gasteiger partial charge on any atom is 0.309 e. The smallest absolute Gasteiger partial charge is 0.309 e. The zero-order valence-electron chi connectivity index (χ0n) is 7.87. The Hall–Kier alpha value is -0.830. The van der Waals surface area contributed by atoms with E-state index in [9.17, 15) is 4.79 Å². The summed E-state index contributed by atoms with van der Waals surface area (Å²) >= 11 is 3.38. The molecule has 0 amide bonds. The Balaban J connectivity index is 2.06. The average molecular weight is 255 g/mol. The van der Waals surface area contributed by atoms with Gasteiger partial charge in [-0.25, -0.2) is 0 Å². The molecule has 0 heterocycles. The van der Waals surface area contributed by atoms with E-state index in [4.69, 9.17) is 4.74 Å². The summed E-state index contributed by atoms with van der Waals surface area (Å²) in [5.41, 5.74) is 1.23. The van der Waals surface area contributed by atoms with Gasteiger partial charge in [-0.05, 0) is 30.0 Å². The van der Waals surface area contributed by atoms with Crippen LogP contribution in [0.4, 0.5) is 0 Å². The number of ether oxygens (including phenoxy) is 1. The first-order valence-corrected chi connectivity index (χ1v) is 5.35. The fourth-order valence-electron chi connectivity index (χ4n) is 1.69.